The maximum Gasteiger partial charge on any atom is 0.121 e. The number of aromatic amines is 1. The average molecular weight is 212 g/mol. The van der Waals surface area contributed by atoms with Gasteiger partial charge in [-0.25, -0.2) is 0 Å². The third-order valence-electron chi connectivity index (χ3n) is 2.57. The minimum atomic E-state index is 0.657. The molecule has 80 valence electrons. The van der Waals surface area contributed by atoms with Crippen LogP contribution in [0, 0.1) is 18.3 Å². The number of aryl methyl sites for hydroxylation is 1. The first-order valence-corrected chi connectivity index (χ1v) is 4.98. The summed E-state index contributed by atoms with van der Waals surface area (Å²) < 4.78 is 5.20. The summed E-state index contributed by atoms with van der Waals surface area (Å²) >= 11 is 0. The van der Waals surface area contributed by atoms with E-state index in [0.717, 1.165) is 22.4 Å². The molecule has 1 aromatic carbocycles. The summed E-state index contributed by atoms with van der Waals surface area (Å²) in [5, 5.41) is 8.94. The van der Waals surface area contributed by atoms with E-state index in [4.69, 9.17) is 10.00 Å². The second-order valence-electron chi connectivity index (χ2n) is 3.58. The van der Waals surface area contributed by atoms with Crippen molar-refractivity contribution in [2.24, 2.45) is 0 Å². The van der Waals surface area contributed by atoms with Gasteiger partial charge in [0.1, 0.15) is 11.8 Å². The second-order valence-corrected chi connectivity index (χ2v) is 3.58. The van der Waals surface area contributed by atoms with Gasteiger partial charge in [0.2, 0.25) is 0 Å². The smallest absolute Gasteiger partial charge is 0.121 e. The van der Waals surface area contributed by atoms with Gasteiger partial charge in [-0.15, -0.1) is 0 Å². The Kier molecular flexibility index (Phi) is 2.65. The van der Waals surface area contributed by atoms with Crippen LogP contribution in [0.4, 0.5) is 0 Å². The molecule has 2 rings (SSSR count). The topological polar surface area (TPSA) is 48.8 Å². The van der Waals surface area contributed by atoms with E-state index in [0.29, 0.717) is 5.56 Å². The molecule has 0 unspecified atom stereocenters. The van der Waals surface area contributed by atoms with E-state index in [9.17, 15) is 0 Å². The molecule has 1 aromatic heterocycles. The fourth-order valence-electron chi connectivity index (χ4n) is 1.74. The van der Waals surface area contributed by atoms with E-state index in [1.165, 1.54) is 0 Å². The van der Waals surface area contributed by atoms with Crippen LogP contribution in [0.2, 0.25) is 0 Å². The molecule has 0 aliphatic carbocycles. The lowest BCUT2D eigenvalue weighted by molar-refractivity contribution is 0.412. The fourth-order valence-corrected chi connectivity index (χ4v) is 1.74. The minimum absolute atomic E-state index is 0.657. The molecule has 0 saturated carbocycles. The van der Waals surface area contributed by atoms with Gasteiger partial charge in [0.05, 0.1) is 12.7 Å². The predicted molar refractivity (Wildman–Crippen MR) is 62.2 cm³/mol. The molecular formula is C13H12N2O. The minimum Gasteiger partial charge on any atom is -0.496 e. The van der Waals surface area contributed by atoms with E-state index in [2.05, 4.69) is 11.1 Å². The molecule has 0 aliphatic rings. The van der Waals surface area contributed by atoms with Gasteiger partial charge in [-0.2, -0.15) is 5.26 Å². The van der Waals surface area contributed by atoms with Crippen LogP contribution in [0.1, 0.15) is 11.1 Å². The van der Waals surface area contributed by atoms with Crippen LogP contribution in [0.15, 0.2) is 30.6 Å². The molecule has 2 aromatic rings. The summed E-state index contributed by atoms with van der Waals surface area (Å²) in [5.41, 5.74) is 3.67. The van der Waals surface area contributed by atoms with Crippen molar-refractivity contribution in [3.63, 3.8) is 0 Å². The maximum atomic E-state index is 8.94. The van der Waals surface area contributed by atoms with Gasteiger partial charge < -0.3 is 9.72 Å². The fraction of sp³-hybridized carbons (Fsp3) is 0.154. The van der Waals surface area contributed by atoms with Crippen molar-refractivity contribution >= 4 is 0 Å². The number of hydrogen-bond acceptors (Lipinski definition) is 2. The first kappa shape index (κ1) is 10.3. The van der Waals surface area contributed by atoms with Crippen LogP contribution in [-0.2, 0) is 0 Å². The first-order chi connectivity index (χ1) is 7.76. The molecule has 1 heterocycles. The largest absolute Gasteiger partial charge is 0.496 e. The Bertz CT molecular complexity index is 549. The first-order valence-electron chi connectivity index (χ1n) is 4.98. The number of ether oxygens (including phenoxy) is 1. The highest BCUT2D eigenvalue weighted by Gasteiger charge is 2.07. The highest BCUT2D eigenvalue weighted by atomic mass is 16.5. The average Bonchev–Trinajstić information content (AvgIpc) is 2.77. The number of H-pyrrole nitrogens is 1. The second kappa shape index (κ2) is 4.11. The lowest BCUT2D eigenvalue weighted by atomic mass is 10.0. The van der Waals surface area contributed by atoms with Crippen molar-refractivity contribution in [3.8, 4) is 22.9 Å². The summed E-state index contributed by atoms with van der Waals surface area (Å²) in [6.07, 6.45) is 3.54. The van der Waals surface area contributed by atoms with E-state index >= 15 is 0 Å². The number of benzene rings is 1. The Morgan fingerprint density at radius 3 is 2.75 bits per heavy atom. The molecule has 0 saturated heterocycles. The van der Waals surface area contributed by atoms with Crippen LogP contribution in [-0.4, -0.2) is 12.1 Å². The third-order valence-corrected chi connectivity index (χ3v) is 2.57. The van der Waals surface area contributed by atoms with Crippen molar-refractivity contribution in [2.45, 2.75) is 6.92 Å². The van der Waals surface area contributed by atoms with Gasteiger partial charge in [-0.3, -0.25) is 0 Å². The van der Waals surface area contributed by atoms with Crippen LogP contribution in [0.5, 0.6) is 5.75 Å². The monoisotopic (exact) mass is 212 g/mol. The van der Waals surface area contributed by atoms with E-state index in [-0.39, 0.29) is 0 Å². The summed E-state index contributed by atoms with van der Waals surface area (Å²) in [6, 6.07) is 8.05. The molecule has 3 heteroatoms. The van der Waals surface area contributed by atoms with Gasteiger partial charge in [-0.1, -0.05) is 6.07 Å². The van der Waals surface area contributed by atoms with E-state index in [1.54, 1.807) is 13.3 Å². The Morgan fingerprint density at radius 2 is 2.12 bits per heavy atom. The number of nitrogens with one attached hydrogen (secondary N) is 1. The number of nitrogens with zero attached hydrogens (tertiary/aromatic N) is 1. The molecule has 0 radical (unpaired) electrons. The normalized spacial score (nSPS) is 9.81. The molecular weight excluding hydrogens is 200 g/mol. The molecule has 0 spiro atoms. The lowest BCUT2D eigenvalue weighted by Gasteiger charge is -2.06. The SMILES string of the molecule is COc1ccc(-c2c[nH]cc2C#N)cc1C. The van der Waals surface area contributed by atoms with Crippen LogP contribution >= 0.6 is 0 Å². The Balaban J connectivity index is 2.50. The predicted octanol–water partition coefficient (Wildman–Crippen LogP) is 2.87. The molecule has 0 amide bonds. The Hall–Kier alpha value is -2.21. The van der Waals surface area contributed by atoms with Gasteiger partial charge in [0.15, 0.2) is 0 Å². The van der Waals surface area contributed by atoms with E-state index < -0.39 is 0 Å². The van der Waals surface area contributed by atoms with Crippen molar-refractivity contribution in [1.82, 2.24) is 4.98 Å². The van der Waals surface area contributed by atoms with Crippen molar-refractivity contribution in [3.05, 3.63) is 41.7 Å². The van der Waals surface area contributed by atoms with Crippen LogP contribution in [0.25, 0.3) is 11.1 Å². The van der Waals surface area contributed by atoms with Crippen molar-refractivity contribution in [2.75, 3.05) is 7.11 Å². The molecule has 16 heavy (non-hydrogen) atoms. The third kappa shape index (κ3) is 1.66. The molecule has 0 atom stereocenters. The highest BCUT2D eigenvalue weighted by molar-refractivity contribution is 5.71. The number of methoxy groups -OCH3 is 1. The number of aromatic nitrogens is 1. The standard InChI is InChI=1S/C13H12N2O/c1-9-5-10(3-4-13(9)16-2)12-8-15-7-11(12)6-14/h3-5,7-8,15H,1-2H3. The summed E-state index contributed by atoms with van der Waals surface area (Å²) in [7, 11) is 1.65. The zero-order valence-corrected chi connectivity index (χ0v) is 9.24. The number of rotatable bonds is 2. The molecule has 1 N–H and O–H groups in total. The lowest BCUT2D eigenvalue weighted by Crippen LogP contribution is -1.87. The zero-order chi connectivity index (χ0) is 11.5. The van der Waals surface area contributed by atoms with Crippen molar-refractivity contribution < 1.29 is 4.74 Å². The number of nitriles is 1. The van der Waals surface area contributed by atoms with Gasteiger partial charge in [0.25, 0.3) is 0 Å². The van der Waals surface area contributed by atoms with Crippen molar-refractivity contribution in [1.29, 1.82) is 5.26 Å². The maximum absolute atomic E-state index is 8.94. The van der Waals surface area contributed by atoms with Crippen LogP contribution in [0.3, 0.4) is 0 Å². The zero-order valence-electron chi connectivity index (χ0n) is 9.24. The Labute approximate surface area is 94.3 Å². The summed E-state index contributed by atoms with van der Waals surface area (Å²) in [6.45, 7) is 1.99. The molecule has 3 nitrogen and oxygen atoms in total. The highest BCUT2D eigenvalue weighted by Crippen LogP contribution is 2.27. The number of hydrogen-bond donors (Lipinski definition) is 1. The van der Waals surface area contributed by atoms with Gasteiger partial charge >= 0.3 is 0 Å². The summed E-state index contributed by atoms with van der Waals surface area (Å²) in [4.78, 5) is 2.94. The molecule has 0 aliphatic heterocycles. The molecule has 0 fully saturated rings. The Morgan fingerprint density at radius 1 is 1.31 bits per heavy atom. The van der Waals surface area contributed by atoms with Gasteiger partial charge in [-0.05, 0) is 30.2 Å². The van der Waals surface area contributed by atoms with Gasteiger partial charge in [0, 0.05) is 18.0 Å². The quantitative estimate of drug-likeness (QED) is 0.832. The summed E-state index contributed by atoms with van der Waals surface area (Å²) in [5.74, 6) is 0.859. The molecule has 0 bridgehead atoms. The van der Waals surface area contributed by atoms with E-state index in [1.807, 2.05) is 31.3 Å². The van der Waals surface area contributed by atoms with Crippen LogP contribution < -0.4 is 4.74 Å².